The van der Waals surface area contributed by atoms with Gasteiger partial charge in [0.05, 0.1) is 5.69 Å². The summed E-state index contributed by atoms with van der Waals surface area (Å²) >= 11 is 0. The van der Waals surface area contributed by atoms with Crippen LogP contribution in [0.4, 0.5) is 5.82 Å². The van der Waals surface area contributed by atoms with Crippen LogP contribution in [0, 0.1) is 20.8 Å². The van der Waals surface area contributed by atoms with Gasteiger partial charge in [-0.1, -0.05) is 0 Å². The zero-order valence-electron chi connectivity index (χ0n) is 10.7. The van der Waals surface area contributed by atoms with Crippen LogP contribution in [0.25, 0.3) is 0 Å². The Bertz CT molecular complexity index is 530. The van der Waals surface area contributed by atoms with Crippen LogP contribution < -0.4 is 5.32 Å². The van der Waals surface area contributed by atoms with Crippen molar-refractivity contribution in [3.05, 3.63) is 35.0 Å². The van der Waals surface area contributed by atoms with Gasteiger partial charge >= 0.3 is 0 Å². The Kier molecular flexibility index (Phi) is 3.08. The highest BCUT2D eigenvalue weighted by atomic mass is 15.3. The Balaban J connectivity index is 2.12. The molecule has 0 fully saturated rings. The smallest absolute Gasteiger partial charge is 0.129 e. The van der Waals surface area contributed by atoms with E-state index in [9.17, 15) is 0 Å². The normalized spacial score (nSPS) is 10.6. The minimum absolute atomic E-state index is 0.738. The number of anilines is 1. The summed E-state index contributed by atoms with van der Waals surface area (Å²) in [6.45, 7) is 6.78. The molecule has 5 nitrogen and oxygen atoms in total. The van der Waals surface area contributed by atoms with Crippen LogP contribution in [0.2, 0.25) is 0 Å². The monoisotopic (exact) mass is 231 g/mol. The molecule has 0 unspecified atom stereocenters. The third kappa shape index (κ3) is 2.43. The molecule has 0 radical (unpaired) electrons. The molecule has 0 saturated carbocycles. The highest BCUT2D eigenvalue weighted by molar-refractivity contribution is 5.37. The standard InChI is InChI=1S/C12H17N5/c1-8-5-12(15-7-14-8)13-6-11-9(2)16-17(4)10(11)3/h5,7H,6H2,1-4H3,(H,13,14,15). The molecule has 0 aliphatic rings. The number of nitrogens with zero attached hydrogens (tertiary/aromatic N) is 4. The van der Waals surface area contributed by atoms with E-state index in [-0.39, 0.29) is 0 Å². The third-order valence-corrected chi connectivity index (χ3v) is 2.91. The van der Waals surface area contributed by atoms with Crippen molar-refractivity contribution in [2.45, 2.75) is 27.3 Å². The maximum absolute atomic E-state index is 4.38. The molecule has 17 heavy (non-hydrogen) atoms. The lowest BCUT2D eigenvalue weighted by molar-refractivity contribution is 0.730. The Morgan fingerprint density at radius 3 is 2.59 bits per heavy atom. The van der Waals surface area contributed by atoms with Crippen LogP contribution in [0.1, 0.15) is 22.6 Å². The van der Waals surface area contributed by atoms with Crippen molar-refractivity contribution >= 4 is 5.82 Å². The summed E-state index contributed by atoms with van der Waals surface area (Å²) in [6, 6.07) is 1.93. The van der Waals surface area contributed by atoms with Crippen molar-refractivity contribution in [3.8, 4) is 0 Å². The van der Waals surface area contributed by atoms with E-state index in [4.69, 9.17) is 0 Å². The molecule has 0 aromatic carbocycles. The maximum Gasteiger partial charge on any atom is 0.129 e. The predicted octanol–water partition coefficient (Wildman–Crippen LogP) is 1.75. The zero-order chi connectivity index (χ0) is 12.4. The molecule has 90 valence electrons. The van der Waals surface area contributed by atoms with Crippen molar-refractivity contribution in [2.75, 3.05) is 5.32 Å². The first-order chi connectivity index (χ1) is 8.08. The number of hydrogen-bond acceptors (Lipinski definition) is 4. The molecular formula is C12H17N5. The van der Waals surface area contributed by atoms with Crippen molar-refractivity contribution in [1.29, 1.82) is 0 Å². The van der Waals surface area contributed by atoms with Gasteiger partial charge in [0.15, 0.2) is 0 Å². The van der Waals surface area contributed by atoms with Crippen molar-refractivity contribution in [2.24, 2.45) is 7.05 Å². The summed E-state index contributed by atoms with van der Waals surface area (Å²) in [5, 5.41) is 7.68. The van der Waals surface area contributed by atoms with Gasteiger partial charge in [-0.2, -0.15) is 5.10 Å². The van der Waals surface area contributed by atoms with E-state index >= 15 is 0 Å². The molecule has 2 heterocycles. The lowest BCUT2D eigenvalue weighted by Gasteiger charge is -2.06. The summed E-state index contributed by atoms with van der Waals surface area (Å²) in [4.78, 5) is 8.24. The van der Waals surface area contributed by atoms with Crippen molar-refractivity contribution < 1.29 is 0 Å². The average Bonchev–Trinajstić information content (AvgIpc) is 2.51. The molecule has 1 N–H and O–H groups in total. The second-order valence-electron chi connectivity index (χ2n) is 4.17. The number of aryl methyl sites for hydroxylation is 3. The lowest BCUT2D eigenvalue weighted by Crippen LogP contribution is -2.04. The largest absolute Gasteiger partial charge is 0.366 e. The lowest BCUT2D eigenvalue weighted by atomic mass is 10.2. The minimum atomic E-state index is 0.738. The Morgan fingerprint density at radius 1 is 1.24 bits per heavy atom. The third-order valence-electron chi connectivity index (χ3n) is 2.91. The van der Waals surface area contributed by atoms with E-state index in [1.54, 1.807) is 6.33 Å². The molecule has 0 spiro atoms. The van der Waals surface area contributed by atoms with Crippen LogP contribution in [0.5, 0.6) is 0 Å². The van der Waals surface area contributed by atoms with E-state index in [1.165, 1.54) is 11.3 Å². The van der Waals surface area contributed by atoms with Crippen LogP contribution in [-0.4, -0.2) is 19.7 Å². The molecule has 0 aliphatic carbocycles. The molecule has 5 heteroatoms. The van der Waals surface area contributed by atoms with Gasteiger partial charge in [0, 0.05) is 36.6 Å². The molecule has 0 saturated heterocycles. The molecule has 0 atom stereocenters. The summed E-state index contributed by atoms with van der Waals surface area (Å²) in [6.07, 6.45) is 1.57. The molecule has 2 aromatic heterocycles. The highest BCUT2D eigenvalue weighted by Crippen LogP contribution is 2.13. The summed E-state index contributed by atoms with van der Waals surface area (Å²) in [5.41, 5.74) is 4.43. The van der Waals surface area contributed by atoms with Gasteiger partial charge in [-0.15, -0.1) is 0 Å². The molecule has 0 bridgehead atoms. The Morgan fingerprint density at radius 2 is 2.00 bits per heavy atom. The topological polar surface area (TPSA) is 55.6 Å². The van der Waals surface area contributed by atoms with Gasteiger partial charge in [-0.25, -0.2) is 9.97 Å². The molecule has 2 rings (SSSR count). The molecule has 0 amide bonds. The number of hydrogen-bond donors (Lipinski definition) is 1. The van der Waals surface area contributed by atoms with Gasteiger partial charge < -0.3 is 5.32 Å². The predicted molar refractivity (Wildman–Crippen MR) is 66.8 cm³/mol. The number of rotatable bonds is 3. The fourth-order valence-electron chi connectivity index (χ4n) is 1.80. The van der Waals surface area contributed by atoms with Crippen LogP contribution in [0.3, 0.4) is 0 Å². The first-order valence-corrected chi connectivity index (χ1v) is 5.59. The number of aromatic nitrogens is 4. The fourth-order valence-corrected chi connectivity index (χ4v) is 1.80. The highest BCUT2D eigenvalue weighted by Gasteiger charge is 2.08. The summed E-state index contributed by atoms with van der Waals surface area (Å²) < 4.78 is 1.90. The van der Waals surface area contributed by atoms with Gasteiger partial charge in [0.25, 0.3) is 0 Å². The van der Waals surface area contributed by atoms with Gasteiger partial charge in [0.1, 0.15) is 12.1 Å². The Hall–Kier alpha value is -1.91. The van der Waals surface area contributed by atoms with Crippen LogP contribution >= 0.6 is 0 Å². The molecule has 2 aromatic rings. The fraction of sp³-hybridized carbons (Fsp3) is 0.417. The van der Waals surface area contributed by atoms with E-state index < -0.39 is 0 Å². The average molecular weight is 231 g/mol. The SMILES string of the molecule is Cc1cc(NCc2c(C)nn(C)c2C)ncn1. The van der Waals surface area contributed by atoms with E-state index in [0.29, 0.717) is 0 Å². The van der Waals surface area contributed by atoms with E-state index in [1.807, 2.05) is 31.6 Å². The second-order valence-corrected chi connectivity index (χ2v) is 4.17. The zero-order valence-corrected chi connectivity index (χ0v) is 10.7. The van der Waals surface area contributed by atoms with Crippen LogP contribution in [0.15, 0.2) is 12.4 Å². The molecule has 0 aliphatic heterocycles. The van der Waals surface area contributed by atoms with Crippen molar-refractivity contribution in [1.82, 2.24) is 19.7 Å². The quantitative estimate of drug-likeness (QED) is 0.874. The molecular weight excluding hydrogens is 214 g/mol. The van der Waals surface area contributed by atoms with Gasteiger partial charge in [-0.3, -0.25) is 4.68 Å². The maximum atomic E-state index is 4.38. The Labute approximate surface area is 101 Å². The van der Waals surface area contributed by atoms with Crippen LogP contribution in [-0.2, 0) is 13.6 Å². The van der Waals surface area contributed by atoms with E-state index in [2.05, 4.69) is 27.3 Å². The summed E-state index contributed by atoms with van der Waals surface area (Å²) in [5.74, 6) is 0.847. The van der Waals surface area contributed by atoms with Gasteiger partial charge in [-0.05, 0) is 20.8 Å². The first-order valence-electron chi connectivity index (χ1n) is 5.59. The minimum Gasteiger partial charge on any atom is -0.366 e. The summed E-state index contributed by atoms with van der Waals surface area (Å²) in [7, 11) is 1.96. The van der Waals surface area contributed by atoms with Gasteiger partial charge in [0.2, 0.25) is 0 Å². The van der Waals surface area contributed by atoms with E-state index in [0.717, 1.165) is 23.8 Å². The number of nitrogens with one attached hydrogen (secondary N) is 1. The first kappa shape index (κ1) is 11.6. The second kappa shape index (κ2) is 4.53. The van der Waals surface area contributed by atoms with Crippen molar-refractivity contribution in [3.63, 3.8) is 0 Å².